The highest BCUT2D eigenvalue weighted by Crippen LogP contribution is 2.25. The summed E-state index contributed by atoms with van der Waals surface area (Å²) < 4.78 is 0. The number of fused-ring (bicyclic) bond motifs is 1. The van der Waals surface area contributed by atoms with Gasteiger partial charge in [-0.2, -0.15) is 0 Å². The Morgan fingerprint density at radius 3 is 2.71 bits per heavy atom. The van der Waals surface area contributed by atoms with E-state index < -0.39 is 12.1 Å². The Labute approximate surface area is 123 Å². The molecule has 110 valence electrons. The van der Waals surface area contributed by atoms with Crippen LogP contribution in [-0.4, -0.2) is 40.0 Å². The summed E-state index contributed by atoms with van der Waals surface area (Å²) in [4.78, 5) is 18.3. The molecule has 2 heterocycles. The minimum absolute atomic E-state index is 0.180. The molecule has 1 aromatic carbocycles. The smallest absolute Gasteiger partial charge is 0.242 e. The van der Waals surface area contributed by atoms with Gasteiger partial charge in [0, 0.05) is 24.7 Å². The average Bonchev–Trinajstić information content (AvgIpc) is 3.06. The number of pyridine rings is 1. The molecule has 1 fully saturated rings. The fourth-order valence-electron chi connectivity index (χ4n) is 2.85. The van der Waals surface area contributed by atoms with E-state index in [-0.39, 0.29) is 5.91 Å². The molecule has 2 atom stereocenters. The number of benzene rings is 1. The van der Waals surface area contributed by atoms with E-state index in [4.69, 9.17) is 5.73 Å². The maximum atomic E-state index is 12.3. The van der Waals surface area contributed by atoms with E-state index in [1.165, 1.54) is 0 Å². The third kappa shape index (κ3) is 2.62. The maximum Gasteiger partial charge on any atom is 0.242 e. The molecule has 1 saturated heterocycles. The van der Waals surface area contributed by atoms with Crippen LogP contribution in [-0.2, 0) is 4.79 Å². The highest BCUT2D eigenvalue weighted by Gasteiger charge is 2.30. The van der Waals surface area contributed by atoms with Crippen molar-refractivity contribution in [2.24, 2.45) is 5.73 Å². The SMILES string of the molecule is N[C@H](C(=O)N1CCCC1)[C@@H](O)c1ccnc2ccccc12. The van der Waals surface area contributed by atoms with Crippen LogP contribution in [0.3, 0.4) is 0 Å². The quantitative estimate of drug-likeness (QED) is 0.888. The Hall–Kier alpha value is -1.98. The molecule has 1 aromatic heterocycles. The standard InChI is InChI=1S/C16H19N3O2/c17-14(16(21)19-9-3-4-10-19)15(20)12-7-8-18-13-6-2-1-5-11(12)13/h1-2,5-8,14-15,20H,3-4,9-10,17H2/t14-,15-/m0/s1. The van der Waals surface area contributed by atoms with E-state index >= 15 is 0 Å². The van der Waals surface area contributed by atoms with Gasteiger partial charge in [-0.05, 0) is 30.5 Å². The van der Waals surface area contributed by atoms with Crippen LogP contribution in [0.4, 0.5) is 0 Å². The summed E-state index contributed by atoms with van der Waals surface area (Å²) in [6.45, 7) is 1.46. The number of nitrogens with two attached hydrogens (primary N) is 1. The highest BCUT2D eigenvalue weighted by atomic mass is 16.3. The third-order valence-electron chi connectivity index (χ3n) is 4.04. The summed E-state index contributed by atoms with van der Waals surface area (Å²) in [5.41, 5.74) is 7.44. The zero-order valence-electron chi connectivity index (χ0n) is 11.8. The van der Waals surface area contributed by atoms with E-state index in [1.807, 2.05) is 24.3 Å². The second-order valence-corrected chi connectivity index (χ2v) is 5.42. The van der Waals surface area contributed by atoms with Crippen LogP contribution in [0, 0.1) is 0 Å². The number of likely N-dealkylation sites (tertiary alicyclic amines) is 1. The molecule has 5 heteroatoms. The zero-order valence-corrected chi connectivity index (χ0v) is 11.8. The molecule has 2 aromatic rings. The molecule has 21 heavy (non-hydrogen) atoms. The highest BCUT2D eigenvalue weighted by molar-refractivity contribution is 5.86. The minimum atomic E-state index is -1.02. The Morgan fingerprint density at radius 1 is 1.24 bits per heavy atom. The largest absolute Gasteiger partial charge is 0.386 e. The number of carbonyl (C=O) groups is 1. The molecule has 0 radical (unpaired) electrons. The zero-order chi connectivity index (χ0) is 14.8. The van der Waals surface area contributed by atoms with Crippen molar-refractivity contribution in [3.63, 3.8) is 0 Å². The lowest BCUT2D eigenvalue weighted by Crippen LogP contribution is -2.45. The first-order valence-electron chi connectivity index (χ1n) is 7.24. The third-order valence-corrected chi connectivity index (χ3v) is 4.04. The van der Waals surface area contributed by atoms with Gasteiger partial charge in [0.15, 0.2) is 0 Å². The van der Waals surface area contributed by atoms with Crippen molar-refractivity contribution in [1.82, 2.24) is 9.88 Å². The number of amides is 1. The fraction of sp³-hybridized carbons (Fsp3) is 0.375. The Kier molecular flexibility index (Phi) is 3.86. The molecule has 3 N–H and O–H groups in total. The van der Waals surface area contributed by atoms with Gasteiger partial charge in [0.2, 0.25) is 5.91 Å². The van der Waals surface area contributed by atoms with Gasteiger partial charge in [-0.25, -0.2) is 0 Å². The molecule has 3 rings (SSSR count). The number of aromatic nitrogens is 1. The van der Waals surface area contributed by atoms with Crippen LogP contribution < -0.4 is 5.73 Å². The number of aliphatic hydroxyl groups is 1. The van der Waals surface area contributed by atoms with E-state index in [0.717, 1.165) is 36.8 Å². The lowest BCUT2D eigenvalue weighted by atomic mass is 9.98. The van der Waals surface area contributed by atoms with E-state index in [0.29, 0.717) is 5.56 Å². The molecule has 1 amide bonds. The molecule has 0 saturated carbocycles. The number of aliphatic hydroxyl groups excluding tert-OH is 1. The molecule has 0 aliphatic carbocycles. The van der Waals surface area contributed by atoms with E-state index in [1.54, 1.807) is 17.2 Å². The van der Waals surface area contributed by atoms with Gasteiger partial charge in [-0.3, -0.25) is 9.78 Å². The molecule has 1 aliphatic rings. The van der Waals surface area contributed by atoms with Gasteiger partial charge in [0.25, 0.3) is 0 Å². The van der Waals surface area contributed by atoms with Crippen molar-refractivity contribution in [3.8, 4) is 0 Å². The molecule has 5 nitrogen and oxygen atoms in total. The predicted octanol–water partition coefficient (Wildman–Crippen LogP) is 1.22. The van der Waals surface area contributed by atoms with E-state index in [2.05, 4.69) is 4.98 Å². The van der Waals surface area contributed by atoms with Gasteiger partial charge in [0.1, 0.15) is 12.1 Å². The van der Waals surface area contributed by atoms with E-state index in [9.17, 15) is 9.90 Å². The first-order valence-corrected chi connectivity index (χ1v) is 7.24. The number of rotatable bonds is 3. The van der Waals surface area contributed by atoms with Crippen molar-refractivity contribution in [2.75, 3.05) is 13.1 Å². The first kappa shape index (κ1) is 14.0. The van der Waals surface area contributed by atoms with Crippen LogP contribution in [0.15, 0.2) is 36.5 Å². The molecular weight excluding hydrogens is 266 g/mol. The molecule has 0 bridgehead atoms. The van der Waals surface area contributed by atoms with Crippen molar-refractivity contribution >= 4 is 16.8 Å². The van der Waals surface area contributed by atoms with Gasteiger partial charge >= 0.3 is 0 Å². The minimum Gasteiger partial charge on any atom is -0.386 e. The van der Waals surface area contributed by atoms with Crippen molar-refractivity contribution in [2.45, 2.75) is 25.0 Å². The fourth-order valence-corrected chi connectivity index (χ4v) is 2.85. The second kappa shape index (κ2) is 5.79. The van der Waals surface area contributed by atoms with Crippen LogP contribution >= 0.6 is 0 Å². The van der Waals surface area contributed by atoms with Crippen molar-refractivity contribution < 1.29 is 9.90 Å². The maximum absolute atomic E-state index is 12.3. The lowest BCUT2D eigenvalue weighted by Gasteiger charge is -2.24. The monoisotopic (exact) mass is 285 g/mol. The van der Waals surface area contributed by atoms with Crippen LogP contribution in [0.1, 0.15) is 24.5 Å². The van der Waals surface area contributed by atoms with Crippen LogP contribution in [0.2, 0.25) is 0 Å². The summed E-state index contributed by atoms with van der Waals surface area (Å²) in [6, 6.07) is 8.32. The number of hydrogen-bond donors (Lipinski definition) is 2. The van der Waals surface area contributed by atoms with Gasteiger partial charge in [-0.1, -0.05) is 18.2 Å². The van der Waals surface area contributed by atoms with Crippen LogP contribution in [0.25, 0.3) is 10.9 Å². The molecule has 0 spiro atoms. The molecule has 1 aliphatic heterocycles. The molecular formula is C16H19N3O2. The summed E-state index contributed by atoms with van der Waals surface area (Å²) in [5.74, 6) is -0.180. The Morgan fingerprint density at radius 2 is 1.95 bits per heavy atom. The van der Waals surface area contributed by atoms with Crippen LogP contribution in [0.5, 0.6) is 0 Å². The average molecular weight is 285 g/mol. The second-order valence-electron chi connectivity index (χ2n) is 5.42. The summed E-state index contributed by atoms with van der Waals surface area (Å²) in [7, 11) is 0. The lowest BCUT2D eigenvalue weighted by molar-refractivity contribution is -0.134. The van der Waals surface area contributed by atoms with Crippen molar-refractivity contribution in [1.29, 1.82) is 0 Å². The first-order chi connectivity index (χ1) is 10.2. The number of hydrogen-bond acceptors (Lipinski definition) is 4. The summed E-state index contributed by atoms with van der Waals surface area (Å²) in [5, 5.41) is 11.3. The van der Waals surface area contributed by atoms with Gasteiger partial charge in [0.05, 0.1) is 5.52 Å². The predicted molar refractivity (Wildman–Crippen MR) is 80.5 cm³/mol. The Balaban J connectivity index is 1.89. The summed E-state index contributed by atoms with van der Waals surface area (Å²) >= 11 is 0. The topological polar surface area (TPSA) is 79.5 Å². The number of nitrogens with zero attached hydrogens (tertiary/aromatic N) is 2. The number of para-hydroxylation sites is 1. The van der Waals surface area contributed by atoms with Gasteiger partial charge < -0.3 is 15.7 Å². The van der Waals surface area contributed by atoms with Crippen molar-refractivity contribution in [3.05, 3.63) is 42.1 Å². The normalized spacial score (nSPS) is 17.9. The summed E-state index contributed by atoms with van der Waals surface area (Å²) in [6.07, 6.45) is 2.62. The van der Waals surface area contributed by atoms with Gasteiger partial charge in [-0.15, -0.1) is 0 Å². The Bertz CT molecular complexity index is 648. The molecule has 0 unspecified atom stereocenters. The number of carbonyl (C=O) groups excluding carboxylic acids is 1.